The second-order valence-corrected chi connectivity index (χ2v) is 6.04. The molecule has 1 aromatic heterocycles. The number of nitrogens with zero attached hydrogens (tertiary/aromatic N) is 3. The van der Waals surface area contributed by atoms with Gasteiger partial charge in [0.15, 0.2) is 0 Å². The molecule has 0 bridgehead atoms. The predicted molar refractivity (Wildman–Crippen MR) is 81.4 cm³/mol. The third kappa shape index (κ3) is 3.03. The van der Waals surface area contributed by atoms with E-state index >= 15 is 0 Å². The Hall–Kier alpha value is -0.970. The molecule has 0 spiro atoms. The zero-order valence-electron chi connectivity index (χ0n) is 12.2. The monoisotopic (exact) mass is 274 g/mol. The molecule has 0 radical (unpaired) electrons. The van der Waals surface area contributed by atoms with Gasteiger partial charge in [0.1, 0.15) is 0 Å². The molecule has 2 aliphatic rings. The standard InChI is InChI=1S/C16H26N4/c17-13-16(14-5-7-18-8-6-14)20-11-9-19(10-12-20)15-3-1-2-4-15/h5-8,15-16H,1-4,9-13,17H2. The lowest BCUT2D eigenvalue weighted by atomic mass is 10.1. The quantitative estimate of drug-likeness (QED) is 0.906. The maximum absolute atomic E-state index is 6.02. The molecule has 1 aliphatic heterocycles. The second kappa shape index (κ2) is 6.66. The van der Waals surface area contributed by atoms with E-state index in [1.165, 1.54) is 44.3 Å². The molecule has 2 heterocycles. The van der Waals surface area contributed by atoms with E-state index in [2.05, 4.69) is 26.9 Å². The number of pyridine rings is 1. The van der Waals surface area contributed by atoms with Crippen LogP contribution < -0.4 is 5.73 Å². The average Bonchev–Trinajstić information content (AvgIpc) is 3.04. The molecule has 4 nitrogen and oxygen atoms in total. The highest BCUT2D eigenvalue weighted by atomic mass is 15.3. The highest BCUT2D eigenvalue weighted by Gasteiger charge is 2.28. The highest BCUT2D eigenvalue weighted by Crippen LogP contribution is 2.26. The van der Waals surface area contributed by atoms with E-state index < -0.39 is 0 Å². The molecule has 0 aromatic carbocycles. The van der Waals surface area contributed by atoms with Gasteiger partial charge in [-0.3, -0.25) is 14.8 Å². The summed E-state index contributed by atoms with van der Waals surface area (Å²) in [7, 11) is 0. The van der Waals surface area contributed by atoms with Crippen LogP contribution in [0.1, 0.15) is 37.3 Å². The number of hydrogen-bond acceptors (Lipinski definition) is 4. The van der Waals surface area contributed by atoms with Crippen molar-refractivity contribution in [3.63, 3.8) is 0 Å². The zero-order chi connectivity index (χ0) is 13.8. The van der Waals surface area contributed by atoms with Gasteiger partial charge in [-0.15, -0.1) is 0 Å². The van der Waals surface area contributed by atoms with Crippen molar-refractivity contribution < 1.29 is 0 Å². The summed E-state index contributed by atoms with van der Waals surface area (Å²) < 4.78 is 0. The SMILES string of the molecule is NCC(c1ccncc1)N1CCN(C2CCCC2)CC1. The topological polar surface area (TPSA) is 45.4 Å². The van der Waals surface area contributed by atoms with Crippen LogP contribution in [0, 0.1) is 0 Å². The van der Waals surface area contributed by atoms with E-state index in [-0.39, 0.29) is 0 Å². The van der Waals surface area contributed by atoms with Crippen molar-refractivity contribution in [1.29, 1.82) is 0 Å². The Morgan fingerprint density at radius 3 is 2.35 bits per heavy atom. The van der Waals surface area contributed by atoms with Crippen LogP contribution in [0.5, 0.6) is 0 Å². The van der Waals surface area contributed by atoms with E-state index in [0.29, 0.717) is 12.6 Å². The Morgan fingerprint density at radius 2 is 1.75 bits per heavy atom. The Morgan fingerprint density at radius 1 is 1.10 bits per heavy atom. The molecule has 1 atom stereocenters. The molecule has 3 rings (SSSR count). The molecular formula is C16H26N4. The van der Waals surface area contributed by atoms with E-state index in [0.717, 1.165) is 19.1 Å². The van der Waals surface area contributed by atoms with Gasteiger partial charge >= 0.3 is 0 Å². The lowest BCUT2D eigenvalue weighted by Gasteiger charge is -2.41. The summed E-state index contributed by atoms with van der Waals surface area (Å²) in [6.45, 7) is 5.37. The smallest absolute Gasteiger partial charge is 0.0472 e. The Bertz CT molecular complexity index is 394. The van der Waals surface area contributed by atoms with Crippen molar-refractivity contribution in [3.8, 4) is 0 Å². The molecule has 2 N–H and O–H groups in total. The normalized spacial score (nSPS) is 24.1. The maximum Gasteiger partial charge on any atom is 0.0472 e. The Balaban J connectivity index is 1.59. The lowest BCUT2D eigenvalue weighted by Crippen LogP contribution is -2.51. The first-order valence-electron chi connectivity index (χ1n) is 7.96. The van der Waals surface area contributed by atoms with Crippen molar-refractivity contribution >= 4 is 0 Å². The minimum atomic E-state index is 0.351. The van der Waals surface area contributed by atoms with Gasteiger partial charge in [-0.25, -0.2) is 0 Å². The number of hydrogen-bond donors (Lipinski definition) is 1. The van der Waals surface area contributed by atoms with Gasteiger partial charge in [0.25, 0.3) is 0 Å². The van der Waals surface area contributed by atoms with Crippen molar-refractivity contribution in [3.05, 3.63) is 30.1 Å². The van der Waals surface area contributed by atoms with E-state index in [1.807, 2.05) is 12.4 Å². The van der Waals surface area contributed by atoms with E-state index in [1.54, 1.807) is 0 Å². The Labute approximate surface area is 122 Å². The van der Waals surface area contributed by atoms with E-state index in [9.17, 15) is 0 Å². The zero-order valence-corrected chi connectivity index (χ0v) is 12.2. The predicted octanol–water partition coefficient (Wildman–Crippen LogP) is 1.64. The molecule has 20 heavy (non-hydrogen) atoms. The van der Waals surface area contributed by atoms with Crippen LogP contribution in [0.25, 0.3) is 0 Å². The summed E-state index contributed by atoms with van der Waals surface area (Å²) in [5, 5.41) is 0. The van der Waals surface area contributed by atoms with Crippen LogP contribution >= 0.6 is 0 Å². The highest BCUT2D eigenvalue weighted by molar-refractivity contribution is 5.16. The average molecular weight is 274 g/mol. The van der Waals surface area contributed by atoms with Crippen molar-refractivity contribution in [2.45, 2.75) is 37.8 Å². The van der Waals surface area contributed by atoms with Gasteiger partial charge < -0.3 is 5.73 Å². The molecule has 1 aromatic rings. The molecular weight excluding hydrogens is 248 g/mol. The summed E-state index contributed by atoms with van der Waals surface area (Å²) in [6.07, 6.45) is 9.40. The lowest BCUT2D eigenvalue weighted by molar-refractivity contribution is 0.0722. The largest absolute Gasteiger partial charge is 0.329 e. The van der Waals surface area contributed by atoms with Gasteiger partial charge in [0.05, 0.1) is 0 Å². The molecule has 0 amide bonds. The van der Waals surface area contributed by atoms with Gasteiger partial charge in [-0.05, 0) is 30.5 Å². The van der Waals surface area contributed by atoms with Crippen LogP contribution in [-0.4, -0.2) is 53.5 Å². The van der Waals surface area contributed by atoms with Crippen molar-refractivity contribution in [2.75, 3.05) is 32.7 Å². The first-order valence-corrected chi connectivity index (χ1v) is 7.96. The summed E-state index contributed by atoms with van der Waals surface area (Å²) in [5.41, 5.74) is 7.32. The first kappa shape index (κ1) is 14.0. The summed E-state index contributed by atoms with van der Waals surface area (Å²) in [5.74, 6) is 0. The molecule has 1 saturated carbocycles. The minimum Gasteiger partial charge on any atom is -0.329 e. The van der Waals surface area contributed by atoms with Crippen LogP contribution in [0.15, 0.2) is 24.5 Å². The van der Waals surface area contributed by atoms with Gasteiger partial charge in [-0.2, -0.15) is 0 Å². The molecule has 110 valence electrons. The molecule has 1 unspecified atom stereocenters. The summed E-state index contributed by atoms with van der Waals surface area (Å²) in [4.78, 5) is 9.34. The Kier molecular flexibility index (Phi) is 4.65. The van der Waals surface area contributed by atoms with Crippen molar-refractivity contribution in [2.24, 2.45) is 5.73 Å². The van der Waals surface area contributed by atoms with E-state index in [4.69, 9.17) is 5.73 Å². The fraction of sp³-hybridized carbons (Fsp3) is 0.688. The number of nitrogens with two attached hydrogens (primary N) is 1. The molecule has 4 heteroatoms. The number of aromatic nitrogens is 1. The summed E-state index contributed by atoms with van der Waals surface area (Å²) >= 11 is 0. The van der Waals surface area contributed by atoms with Crippen molar-refractivity contribution in [1.82, 2.24) is 14.8 Å². The molecule has 2 fully saturated rings. The van der Waals surface area contributed by atoms with Gasteiger partial charge in [0, 0.05) is 57.2 Å². The minimum absolute atomic E-state index is 0.351. The van der Waals surface area contributed by atoms with Gasteiger partial charge in [-0.1, -0.05) is 12.8 Å². The first-order chi connectivity index (χ1) is 9.88. The van der Waals surface area contributed by atoms with Crippen LogP contribution in [-0.2, 0) is 0 Å². The third-order valence-corrected chi connectivity index (χ3v) is 4.94. The third-order valence-electron chi connectivity index (χ3n) is 4.94. The number of piperazine rings is 1. The maximum atomic E-state index is 6.02. The van der Waals surface area contributed by atoms with Crippen LogP contribution in [0.2, 0.25) is 0 Å². The fourth-order valence-electron chi connectivity index (χ4n) is 3.77. The second-order valence-electron chi connectivity index (χ2n) is 6.04. The van der Waals surface area contributed by atoms with Crippen LogP contribution in [0.4, 0.5) is 0 Å². The molecule has 1 aliphatic carbocycles. The van der Waals surface area contributed by atoms with Gasteiger partial charge in [0.2, 0.25) is 0 Å². The van der Waals surface area contributed by atoms with Crippen LogP contribution in [0.3, 0.4) is 0 Å². The fourth-order valence-corrected chi connectivity index (χ4v) is 3.77. The number of rotatable bonds is 4. The summed E-state index contributed by atoms with van der Waals surface area (Å²) in [6, 6.07) is 5.40. The molecule has 1 saturated heterocycles.